The number of guanidine groups is 1. The summed E-state index contributed by atoms with van der Waals surface area (Å²) in [4.78, 5) is 4.41. The van der Waals surface area contributed by atoms with Crippen molar-refractivity contribution in [2.24, 2.45) is 4.99 Å². The van der Waals surface area contributed by atoms with Crippen molar-refractivity contribution in [1.82, 2.24) is 10.6 Å². The zero-order valence-corrected chi connectivity index (χ0v) is 14.7. The highest BCUT2D eigenvalue weighted by atomic mass is 19.4. The van der Waals surface area contributed by atoms with Crippen molar-refractivity contribution in [3.8, 4) is 5.75 Å². The van der Waals surface area contributed by atoms with Crippen LogP contribution in [0.15, 0.2) is 46.0 Å². The molecule has 0 radical (unpaired) electrons. The van der Waals surface area contributed by atoms with Gasteiger partial charge in [0.1, 0.15) is 11.5 Å². The Kier molecular flexibility index (Phi) is 6.94. The predicted molar refractivity (Wildman–Crippen MR) is 93.1 cm³/mol. The fraction of sp³-hybridized carbons (Fsp3) is 0.389. The first-order valence-electron chi connectivity index (χ1n) is 8.21. The molecule has 2 aromatic rings. The Bertz CT molecular complexity index is 713. The Morgan fingerprint density at radius 3 is 2.69 bits per heavy atom. The van der Waals surface area contributed by atoms with Crippen LogP contribution in [0.3, 0.4) is 0 Å². The highest BCUT2D eigenvalue weighted by Gasteiger charge is 2.28. The third kappa shape index (κ3) is 6.70. The highest BCUT2D eigenvalue weighted by Crippen LogP contribution is 2.24. The Labute approximate surface area is 150 Å². The molecule has 0 fully saturated rings. The van der Waals surface area contributed by atoms with Crippen LogP contribution in [0.25, 0.3) is 0 Å². The zero-order valence-electron chi connectivity index (χ0n) is 14.7. The van der Waals surface area contributed by atoms with E-state index >= 15 is 0 Å². The average molecular weight is 369 g/mol. The Balaban J connectivity index is 2.06. The van der Waals surface area contributed by atoms with Gasteiger partial charge >= 0.3 is 6.18 Å². The first kappa shape index (κ1) is 19.7. The summed E-state index contributed by atoms with van der Waals surface area (Å²) in [5, 5.41) is 6.18. The minimum absolute atomic E-state index is 0.182. The molecule has 0 aliphatic heterocycles. The van der Waals surface area contributed by atoms with E-state index in [-0.39, 0.29) is 12.3 Å². The maximum absolute atomic E-state index is 12.4. The van der Waals surface area contributed by atoms with Crippen molar-refractivity contribution in [2.45, 2.75) is 33.1 Å². The van der Waals surface area contributed by atoms with Crippen LogP contribution in [-0.4, -0.2) is 25.3 Å². The smallest absolute Gasteiger partial charge is 0.422 e. The summed E-state index contributed by atoms with van der Waals surface area (Å²) < 4.78 is 47.5. The zero-order chi connectivity index (χ0) is 19.0. The molecule has 0 amide bonds. The molecular weight excluding hydrogens is 347 g/mol. The molecule has 1 aromatic heterocycles. The number of nitrogens with one attached hydrogen (secondary N) is 2. The summed E-state index contributed by atoms with van der Waals surface area (Å²) in [5.41, 5.74) is 1.40. The molecule has 0 atom stereocenters. The summed E-state index contributed by atoms with van der Waals surface area (Å²) in [6, 6.07) is 8.74. The lowest BCUT2D eigenvalue weighted by atomic mass is 10.1. The molecule has 8 heteroatoms. The summed E-state index contributed by atoms with van der Waals surface area (Å²) in [5.74, 6) is 1.47. The fourth-order valence-corrected chi connectivity index (χ4v) is 2.18. The summed E-state index contributed by atoms with van der Waals surface area (Å²) >= 11 is 0. The maximum atomic E-state index is 12.4. The predicted octanol–water partition coefficient (Wildman–Crippen LogP) is 3.78. The van der Waals surface area contributed by atoms with Crippen LogP contribution in [0.4, 0.5) is 13.2 Å². The summed E-state index contributed by atoms with van der Waals surface area (Å²) in [6.07, 6.45) is -2.80. The van der Waals surface area contributed by atoms with Gasteiger partial charge in [0.05, 0.1) is 19.4 Å². The van der Waals surface area contributed by atoms with Gasteiger partial charge in [-0.3, -0.25) is 0 Å². The molecule has 5 nitrogen and oxygen atoms in total. The number of halogens is 3. The van der Waals surface area contributed by atoms with Gasteiger partial charge in [0.15, 0.2) is 12.6 Å². The van der Waals surface area contributed by atoms with E-state index < -0.39 is 12.8 Å². The van der Waals surface area contributed by atoms with Crippen molar-refractivity contribution < 1.29 is 22.3 Å². The number of aryl methyl sites for hydroxylation is 1. The van der Waals surface area contributed by atoms with Gasteiger partial charge in [0.2, 0.25) is 0 Å². The van der Waals surface area contributed by atoms with Crippen molar-refractivity contribution in [1.29, 1.82) is 0 Å². The molecule has 0 saturated heterocycles. The lowest BCUT2D eigenvalue weighted by Gasteiger charge is -2.14. The van der Waals surface area contributed by atoms with E-state index in [1.807, 2.05) is 19.1 Å². The van der Waals surface area contributed by atoms with Crippen LogP contribution < -0.4 is 15.4 Å². The summed E-state index contributed by atoms with van der Waals surface area (Å²) in [7, 11) is 0. The number of hydrogen-bond donors (Lipinski definition) is 2. The molecule has 2 N–H and O–H groups in total. The third-order valence-electron chi connectivity index (χ3n) is 3.38. The molecule has 1 heterocycles. The van der Waals surface area contributed by atoms with Gasteiger partial charge in [-0.2, -0.15) is 13.2 Å². The van der Waals surface area contributed by atoms with Crippen LogP contribution >= 0.6 is 0 Å². The van der Waals surface area contributed by atoms with Crippen molar-refractivity contribution in [3.63, 3.8) is 0 Å². The lowest BCUT2D eigenvalue weighted by molar-refractivity contribution is -0.153. The maximum Gasteiger partial charge on any atom is 0.422 e. The molecule has 0 aliphatic carbocycles. The average Bonchev–Trinajstić information content (AvgIpc) is 3.09. The van der Waals surface area contributed by atoms with Crippen LogP contribution in [0.5, 0.6) is 5.75 Å². The molecule has 2 rings (SSSR count). The van der Waals surface area contributed by atoms with Crippen LogP contribution in [0.2, 0.25) is 0 Å². The number of benzene rings is 1. The van der Waals surface area contributed by atoms with E-state index in [4.69, 9.17) is 9.15 Å². The van der Waals surface area contributed by atoms with E-state index in [1.54, 1.807) is 31.4 Å². The number of rotatable bonds is 7. The van der Waals surface area contributed by atoms with Gasteiger partial charge in [0, 0.05) is 12.1 Å². The number of alkyl halides is 3. The van der Waals surface area contributed by atoms with Gasteiger partial charge in [-0.25, -0.2) is 4.99 Å². The first-order valence-corrected chi connectivity index (χ1v) is 8.21. The largest absolute Gasteiger partial charge is 0.484 e. The molecule has 0 aliphatic rings. The molecule has 0 bridgehead atoms. The minimum atomic E-state index is -4.39. The number of ether oxygens (including phenoxy) is 1. The molecule has 0 saturated carbocycles. The summed E-state index contributed by atoms with van der Waals surface area (Å²) in [6.45, 7) is 3.67. The molecule has 142 valence electrons. The third-order valence-corrected chi connectivity index (χ3v) is 3.38. The number of nitrogens with zero attached hydrogens (tertiary/aromatic N) is 1. The van der Waals surface area contributed by atoms with E-state index in [0.717, 1.165) is 11.3 Å². The second-order valence-corrected chi connectivity index (χ2v) is 5.64. The highest BCUT2D eigenvalue weighted by molar-refractivity contribution is 5.79. The van der Waals surface area contributed by atoms with Crippen LogP contribution in [-0.2, 0) is 13.1 Å². The first-order chi connectivity index (χ1) is 12.4. The number of hydrogen-bond acceptors (Lipinski definition) is 3. The van der Waals surface area contributed by atoms with E-state index in [9.17, 15) is 13.2 Å². The number of aliphatic imine (C=N–C) groups is 1. The van der Waals surface area contributed by atoms with E-state index in [2.05, 4.69) is 15.6 Å². The van der Waals surface area contributed by atoms with Crippen LogP contribution in [0.1, 0.15) is 23.8 Å². The topological polar surface area (TPSA) is 58.8 Å². The van der Waals surface area contributed by atoms with Gasteiger partial charge in [0.25, 0.3) is 0 Å². The van der Waals surface area contributed by atoms with Gasteiger partial charge in [-0.1, -0.05) is 12.1 Å². The van der Waals surface area contributed by atoms with Gasteiger partial charge in [-0.15, -0.1) is 0 Å². The van der Waals surface area contributed by atoms with Crippen molar-refractivity contribution in [2.75, 3.05) is 13.2 Å². The monoisotopic (exact) mass is 369 g/mol. The quantitative estimate of drug-likeness (QED) is 0.576. The lowest BCUT2D eigenvalue weighted by Crippen LogP contribution is -2.36. The Morgan fingerprint density at radius 2 is 2.04 bits per heavy atom. The van der Waals surface area contributed by atoms with E-state index in [1.165, 1.54) is 0 Å². The standard InChI is InChI=1S/C18H22F3N3O2/c1-3-22-17(24-11-15-5-4-8-25-15)23-10-14-7-6-13(2)9-16(14)26-12-18(19,20)21/h4-9H,3,10-12H2,1-2H3,(H2,22,23,24). The van der Waals surface area contributed by atoms with Gasteiger partial charge < -0.3 is 19.8 Å². The van der Waals surface area contributed by atoms with Crippen molar-refractivity contribution >= 4 is 5.96 Å². The SMILES string of the molecule is CCNC(=NCc1ccc(C)cc1OCC(F)(F)F)NCc1ccco1. The minimum Gasteiger partial charge on any atom is -0.484 e. The van der Waals surface area contributed by atoms with E-state index in [0.29, 0.717) is 24.6 Å². The Hall–Kier alpha value is -2.64. The second kappa shape index (κ2) is 9.17. The second-order valence-electron chi connectivity index (χ2n) is 5.64. The van der Waals surface area contributed by atoms with Crippen LogP contribution in [0, 0.1) is 6.92 Å². The Morgan fingerprint density at radius 1 is 1.23 bits per heavy atom. The fourth-order valence-electron chi connectivity index (χ4n) is 2.18. The van der Waals surface area contributed by atoms with Gasteiger partial charge in [-0.05, 0) is 37.6 Å². The molecular formula is C18H22F3N3O2. The molecule has 0 spiro atoms. The molecule has 1 aromatic carbocycles. The molecule has 26 heavy (non-hydrogen) atoms. The number of furan rings is 1. The molecule has 0 unspecified atom stereocenters. The van der Waals surface area contributed by atoms with Crippen molar-refractivity contribution in [3.05, 3.63) is 53.5 Å². The normalized spacial score (nSPS) is 12.1.